The fraction of sp³-hybridized carbons (Fsp3) is 0.500. The van der Waals surface area contributed by atoms with Crippen LogP contribution in [-0.2, 0) is 13.1 Å². The summed E-state index contributed by atoms with van der Waals surface area (Å²) in [6.45, 7) is 6.56. The Kier molecular flexibility index (Phi) is 4.39. The molecule has 1 N–H and O–H groups in total. The molecule has 0 atom stereocenters. The standard InChI is InChI=1S/C12H16ClN5O2/c1-7(2)6-18-12(19)11(13)9(4-15-18)14-5-10-16-8(3)17-20-10/h4,7,14H,5-6H2,1-3H3. The quantitative estimate of drug-likeness (QED) is 0.906. The van der Waals surface area contributed by atoms with Crippen LogP contribution in [0.4, 0.5) is 5.69 Å². The number of hydrogen-bond acceptors (Lipinski definition) is 6. The number of rotatable bonds is 5. The molecule has 2 rings (SSSR count). The summed E-state index contributed by atoms with van der Waals surface area (Å²) in [5.74, 6) is 1.29. The molecule has 2 aromatic heterocycles. The fourth-order valence-electron chi connectivity index (χ4n) is 1.65. The van der Waals surface area contributed by atoms with Crippen LogP contribution in [0.25, 0.3) is 0 Å². The molecule has 0 aliphatic carbocycles. The van der Waals surface area contributed by atoms with E-state index in [0.717, 1.165) is 0 Å². The molecule has 0 radical (unpaired) electrons. The van der Waals surface area contributed by atoms with E-state index in [4.69, 9.17) is 16.1 Å². The minimum absolute atomic E-state index is 0.108. The van der Waals surface area contributed by atoms with Gasteiger partial charge in [0.2, 0.25) is 5.89 Å². The maximum Gasteiger partial charge on any atom is 0.287 e. The highest BCUT2D eigenvalue weighted by Crippen LogP contribution is 2.16. The Hall–Kier alpha value is -1.89. The molecule has 0 unspecified atom stereocenters. The SMILES string of the molecule is Cc1noc(CNc2cnn(CC(C)C)c(=O)c2Cl)n1. The van der Waals surface area contributed by atoms with Crippen molar-refractivity contribution in [2.75, 3.05) is 5.32 Å². The van der Waals surface area contributed by atoms with Gasteiger partial charge in [0, 0.05) is 6.54 Å². The molecule has 0 aliphatic heterocycles. The van der Waals surface area contributed by atoms with Crippen molar-refractivity contribution in [2.45, 2.75) is 33.9 Å². The third-order valence-corrected chi connectivity index (χ3v) is 2.89. The van der Waals surface area contributed by atoms with Crippen molar-refractivity contribution in [1.82, 2.24) is 19.9 Å². The summed E-state index contributed by atoms with van der Waals surface area (Å²) in [7, 11) is 0. The lowest BCUT2D eigenvalue weighted by Gasteiger charge is -2.10. The van der Waals surface area contributed by atoms with Crippen LogP contribution in [0.3, 0.4) is 0 Å². The van der Waals surface area contributed by atoms with Gasteiger partial charge in [-0.25, -0.2) is 4.68 Å². The van der Waals surface area contributed by atoms with E-state index in [2.05, 4.69) is 20.6 Å². The van der Waals surface area contributed by atoms with Crippen LogP contribution < -0.4 is 10.9 Å². The topological polar surface area (TPSA) is 85.8 Å². The van der Waals surface area contributed by atoms with Gasteiger partial charge in [0.15, 0.2) is 5.82 Å². The summed E-state index contributed by atoms with van der Waals surface area (Å²) in [4.78, 5) is 16.1. The number of nitrogens with zero attached hydrogens (tertiary/aromatic N) is 4. The molecule has 7 nitrogen and oxygen atoms in total. The molecule has 0 aliphatic rings. The highest BCUT2D eigenvalue weighted by Gasteiger charge is 2.11. The summed E-state index contributed by atoms with van der Waals surface area (Å²) in [5.41, 5.74) is 0.139. The van der Waals surface area contributed by atoms with Crippen molar-refractivity contribution in [1.29, 1.82) is 0 Å². The Morgan fingerprint density at radius 1 is 1.50 bits per heavy atom. The molecule has 0 aromatic carbocycles. The first-order valence-electron chi connectivity index (χ1n) is 6.26. The summed E-state index contributed by atoms with van der Waals surface area (Å²) in [6.07, 6.45) is 1.52. The molecular weight excluding hydrogens is 282 g/mol. The highest BCUT2D eigenvalue weighted by molar-refractivity contribution is 6.32. The van der Waals surface area contributed by atoms with E-state index < -0.39 is 0 Å². The van der Waals surface area contributed by atoms with Crippen LogP contribution in [0.2, 0.25) is 5.02 Å². The van der Waals surface area contributed by atoms with E-state index in [0.29, 0.717) is 29.9 Å². The molecule has 20 heavy (non-hydrogen) atoms. The zero-order valence-electron chi connectivity index (χ0n) is 11.6. The summed E-state index contributed by atoms with van der Waals surface area (Å²) in [6, 6.07) is 0. The van der Waals surface area contributed by atoms with E-state index >= 15 is 0 Å². The van der Waals surface area contributed by atoms with Crippen molar-refractivity contribution >= 4 is 17.3 Å². The highest BCUT2D eigenvalue weighted by atomic mass is 35.5. The van der Waals surface area contributed by atoms with Crippen molar-refractivity contribution in [3.63, 3.8) is 0 Å². The van der Waals surface area contributed by atoms with E-state index in [1.54, 1.807) is 6.92 Å². The zero-order chi connectivity index (χ0) is 14.7. The van der Waals surface area contributed by atoms with Gasteiger partial charge >= 0.3 is 0 Å². The first kappa shape index (κ1) is 14.5. The van der Waals surface area contributed by atoms with Gasteiger partial charge in [-0.3, -0.25) is 4.79 Å². The minimum Gasteiger partial charge on any atom is -0.373 e. The fourth-order valence-corrected chi connectivity index (χ4v) is 1.86. The molecule has 2 heterocycles. The molecule has 0 amide bonds. The van der Waals surface area contributed by atoms with E-state index in [1.165, 1.54) is 10.9 Å². The van der Waals surface area contributed by atoms with Gasteiger partial charge in [0.05, 0.1) is 18.4 Å². The summed E-state index contributed by atoms with van der Waals surface area (Å²) in [5, 5.41) is 10.8. The lowest BCUT2D eigenvalue weighted by atomic mass is 10.2. The predicted octanol–water partition coefficient (Wildman–Crippen LogP) is 1.86. The monoisotopic (exact) mass is 297 g/mol. The molecule has 2 aromatic rings. The van der Waals surface area contributed by atoms with E-state index in [9.17, 15) is 4.79 Å². The van der Waals surface area contributed by atoms with Gasteiger partial charge in [-0.1, -0.05) is 30.6 Å². The maximum absolute atomic E-state index is 12.0. The molecule has 0 bridgehead atoms. The van der Waals surface area contributed by atoms with Crippen LogP contribution in [0.15, 0.2) is 15.5 Å². The number of hydrogen-bond donors (Lipinski definition) is 1. The first-order chi connectivity index (χ1) is 9.47. The van der Waals surface area contributed by atoms with Crippen LogP contribution in [0, 0.1) is 12.8 Å². The molecule has 108 valence electrons. The Labute approximate surface area is 120 Å². The van der Waals surface area contributed by atoms with Gasteiger partial charge in [0.25, 0.3) is 5.56 Å². The molecule has 8 heteroatoms. The third kappa shape index (κ3) is 3.36. The second-order valence-corrected chi connectivity index (χ2v) is 5.22. The van der Waals surface area contributed by atoms with Gasteiger partial charge in [-0.15, -0.1) is 0 Å². The Balaban J connectivity index is 2.13. The van der Waals surface area contributed by atoms with E-state index in [1.807, 2.05) is 13.8 Å². The largest absolute Gasteiger partial charge is 0.373 e. The van der Waals surface area contributed by atoms with Crippen molar-refractivity contribution in [2.24, 2.45) is 5.92 Å². The molecule has 0 spiro atoms. The van der Waals surface area contributed by atoms with E-state index in [-0.39, 0.29) is 17.1 Å². The van der Waals surface area contributed by atoms with Crippen molar-refractivity contribution in [3.8, 4) is 0 Å². The lowest BCUT2D eigenvalue weighted by Crippen LogP contribution is -2.26. The minimum atomic E-state index is -0.313. The first-order valence-corrected chi connectivity index (χ1v) is 6.64. The van der Waals surface area contributed by atoms with Gasteiger partial charge in [0.1, 0.15) is 5.02 Å². The zero-order valence-corrected chi connectivity index (χ0v) is 12.3. The molecule has 0 saturated heterocycles. The number of anilines is 1. The second-order valence-electron chi connectivity index (χ2n) is 4.84. The normalized spacial score (nSPS) is 11.1. The molecule has 0 fully saturated rings. The molecular formula is C12H16ClN5O2. The smallest absolute Gasteiger partial charge is 0.287 e. The lowest BCUT2D eigenvalue weighted by molar-refractivity contribution is 0.379. The number of halogens is 1. The van der Waals surface area contributed by atoms with Crippen molar-refractivity contribution < 1.29 is 4.52 Å². The van der Waals surface area contributed by atoms with Gasteiger partial charge < -0.3 is 9.84 Å². The number of aryl methyl sites for hydroxylation is 1. The Morgan fingerprint density at radius 2 is 2.25 bits per heavy atom. The van der Waals surface area contributed by atoms with Crippen molar-refractivity contribution in [3.05, 3.63) is 33.3 Å². The predicted molar refractivity (Wildman–Crippen MR) is 74.7 cm³/mol. The van der Waals surface area contributed by atoms with Crippen LogP contribution in [0.5, 0.6) is 0 Å². The second kappa shape index (κ2) is 6.04. The van der Waals surface area contributed by atoms with Crippen LogP contribution in [0.1, 0.15) is 25.6 Å². The summed E-state index contributed by atoms with van der Waals surface area (Å²) < 4.78 is 6.32. The maximum atomic E-state index is 12.0. The average Bonchev–Trinajstić information content (AvgIpc) is 2.79. The number of aromatic nitrogens is 4. The van der Waals surface area contributed by atoms with Gasteiger partial charge in [-0.05, 0) is 12.8 Å². The summed E-state index contributed by atoms with van der Waals surface area (Å²) >= 11 is 6.05. The van der Waals surface area contributed by atoms with Crippen LogP contribution in [-0.4, -0.2) is 19.9 Å². The average molecular weight is 298 g/mol. The Morgan fingerprint density at radius 3 is 2.85 bits per heavy atom. The Bertz CT molecular complexity index is 650. The third-order valence-electron chi connectivity index (χ3n) is 2.52. The number of nitrogens with one attached hydrogen (secondary N) is 1. The molecule has 0 saturated carbocycles. The van der Waals surface area contributed by atoms with Crippen LogP contribution >= 0.6 is 11.6 Å². The van der Waals surface area contributed by atoms with Gasteiger partial charge in [-0.2, -0.15) is 10.1 Å².